The number of benzene rings is 2. The van der Waals surface area contributed by atoms with Crippen LogP contribution in [0.2, 0.25) is 0 Å². The highest BCUT2D eigenvalue weighted by Gasteiger charge is 2.35. The van der Waals surface area contributed by atoms with Crippen molar-refractivity contribution in [1.29, 1.82) is 0 Å². The highest BCUT2D eigenvalue weighted by molar-refractivity contribution is 7.80. The summed E-state index contributed by atoms with van der Waals surface area (Å²) in [5.74, 6) is -0.0373. The summed E-state index contributed by atoms with van der Waals surface area (Å²) in [5.41, 5.74) is 2.97. The molecule has 1 heterocycles. The fourth-order valence-corrected chi connectivity index (χ4v) is 3.15. The van der Waals surface area contributed by atoms with Gasteiger partial charge in [-0.1, -0.05) is 36.4 Å². The standard InChI is InChI=1S/C21H20N2O3S/c1-22-19(24)17(20(25)23(2)21(22)27)13-15-9-10-18(26-3)16(12-15)11-14-7-5-4-6-8-14/h4-10,12-13H,11H2,1-3H3. The van der Waals surface area contributed by atoms with E-state index in [1.54, 1.807) is 27.3 Å². The number of rotatable bonds is 4. The zero-order valence-corrected chi connectivity index (χ0v) is 16.2. The minimum atomic E-state index is -0.400. The first kappa shape index (κ1) is 18.8. The lowest BCUT2D eigenvalue weighted by Crippen LogP contribution is -2.52. The van der Waals surface area contributed by atoms with Gasteiger partial charge in [0.15, 0.2) is 5.11 Å². The molecule has 0 aliphatic carbocycles. The van der Waals surface area contributed by atoms with Gasteiger partial charge in [-0.25, -0.2) is 0 Å². The number of carbonyl (C=O) groups is 2. The predicted molar refractivity (Wildman–Crippen MR) is 108 cm³/mol. The van der Waals surface area contributed by atoms with Gasteiger partial charge in [-0.05, 0) is 47.1 Å². The third-order valence-corrected chi connectivity index (χ3v) is 5.04. The predicted octanol–water partition coefficient (Wildman–Crippen LogP) is 2.88. The number of nitrogens with zero attached hydrogens (tertiary/aromatic N) is 2. The lowest BCUT2D eigenvalue weighted by Gasteiger charge is -2.31. The zero-order valence-electron chi connectivity index (χ0n) is 15.4. The molecule has 138 valence electrons. The van der Waals surface area contributed by atoms with Gasteiger partial charge in [0.25, 0.3) is 11.8 Å². The molecule has 0 aromatic heterocycles. The van der Waals surface area contributed by atoms with E-state index in [0.717, 1.165) is 22.4 Å². The number of hydrogen-bond donors (Lipinski definition) is 0. The van der Waals surface area contributed by atoms with Gasteiger partial charge in [-0.2, -0.15) is 0 Å². The normalized spacial score (nSPS) is 14.6. The van der Waals surface area contributed by atoms with Crippen LogP contribution in [0.15, 0.2) is 54.1 Å². The van der Waals surface area contributed by atoms with Crippen molar-refractivity contribution in [3.63, 3.8) is 0 Å². The van der Waals surface area contributed by atoms with Gasteiger partial charge in [0.2, 0.25) is 0 Å². The average molecular weight is 380 g/mol. The number of hydrogen-bond acceptors (Lipinski definition) is 4. The van der Waals surface area contributed by atoms with E-state index in [9.17, 15) is 9.59 Å². The highest BCUT2D eigenvalue weighted by Crippen LogP contribution is 2.25. The Balaban J connectivity index is 1.98. The molecule has 3 rings (SSSR count). The van der Waals surface area contributed by atoms with E-state index in [1.807, 2.05) is 48.5 Å². The second kappa shape index (κ2) is 7.72. The fraction of sp³-hybridized carbons (Fsp3) is 0.190. The van der Waals surface area contributed by atoms with Crippen LogP contribution in [0.5, 0.6) is 5.75 Å². The Kier molecular flexibility index (Phi) is 5.37. The summed E-state index contributed by atoms with van der Waals surface area (Å²) in [6, 6.07) is 15.6. The summed E-state index contributed by atoms with van der Waals surface area (Å²) < 4.78 is 5.46. The molecule has 0 N–H and O–H groups in total. The number of ether oxygens (including phenoxy) is 1. The number of methoxy groups -OCH3 is 1. The second-order valence-electron chi connectivity index (χ2n) is 6.30. The van der Waals surface area contributed by atoms with E-state index in [0.29, 0.717) is 6.42 Å². The maximum Gasteiger partial charge on any atom is 0.265 e. The lowest BCUT2D eigenvalue weighted by atomic mass is 10.00. The van der Waals surface area contributed by atoms with Crippen molar-refractivity contribution in [1.82, 2.24) is 9.80 Å². The van der Waals surface area contributed by atoms with Crippen molar-refractivity contribution in [2.24, 2.45) is 0 Å². The Morgan fingerprint density at radius 2 is 1.63 bits per heavy atom. The van der Waals surface area contributed by atoms with Crippen molar-refractivity contribution in [3.8, 4) is 5.75 Å². The summed E-state index contributed by atoms with van der Waals surface area (Å²) in [4.78, 5) is 27.6. The van der Waals surface area contributed by atoms with Gasteiger partial charge in [0.1, 0.15) is 11.3 Å². The maximum atomic E-state index is 12.5. The second-order valence-corrected chi connectivity index (χ2v) is 6.67. The van der Waals surface area contributed by atoms with Gasteiger partial charge < -0.3 is 4.74 Å². The van der Waals surface area contributed by atoms with Gasteiger partial charge in [-0.15, -0.1) is 0 Å². The topological polar surface area (TPSA) is 49.9 Å². The quantitative estimate of drug-likeness (QED) is 0.465. The third-order valence-electron chi connectivity index (χ3n) is 4.50. The average Bonchev–Trinajstić information content (AvgIpc) is 2.69. The van der Waals surface area contributed by atoms with Crippen molar-refractivity contribution in [2.45, 2.75) is 6.42 Å². The first-order chi connectivity index (χ1) is 12.9. The number of amides is 2. The Hall–Kier alpha value is -2.99. The molecule has 0 bridgehead atoms. The third kappa shape index (κ3) is 3.75. The first-order valence-electron chi connectivity index (χ1n) is 8.45. The van der Waals surface area contributed by atoms with Crippen LogP contribution in [-0.4, -0.2) is 47.9 Å². The Bertz CT molecular complexity index is 912. The molecule has 27 heavy (non-hydrogen) atoms. The minimum absolute atomic E-state index is 0.0874. The molecule has 2 aromatic rings. The molecular formula is C21H20N2O3S. The summed E-state index contributed by atoms with van der Waals surface area (Å²) in [6.07, 6.45) is 2.29. The Labute approximate surface area is 163 Å². The molecule has 2 amide bonds. The SMILES string of the molecule is COc1ccc(C=C2C(=O)N(C)C(=S)N(C)C2=O)cc1Cc1ccccc1. The Morgan fingerprint density at radius 1 is 1.00 bits per heavy atom. The molecular weight excluding hydrogens is 360 g/mol. The van der Waals surface area contributed by atoms with Crippen LogP contribution in [0.4, 0.5) is 0 Å². The molecule has 1 aliphatic rings. The van der Waals surface area contributed by atoms with E-state index >= 15 is 0 Å². The molecule has 0 unspecified atom stereocenters. The molecule has 0 radical (unpaired) electrons. The molecule has 1 aliphatic heterocycles. The van der Waals surface area contributed by atoms with E-state index in [1.165, 1.54) is 9.80 Å². The van der Waals surface area contributed by atoms with Crippen molar-refractivity contribution in [2.75, 3.05) is 21.2 Å². The minimum Gasteiger partial charge on any atom is -0.496 e. The van der Waals surface area contributed by atoms with Crippen LogP contribution in [0.1, 0.15) is 16.7 Å². The molecule has 6 heteroatoms. The molecule has 0 spiro atoms. The molecule has 1 saturated heterocycles. The number of thiocarbonyl (C=S) groups is 1. The summed E-state index contributed by atoms with van der Waals surface area (Å²) in [6.45, 7) is 0. The molecule has 0 atom stereocenters. The van der Waals surface area contributed by atoms with Crippen LogP contribution in [0, 0.1) is 0 Å². The van der Waals surface area contributed by atoms with Crippen molar-refractivity contribution in [3.05, 3.63) is 70.8 Å². The smallest absolute Gasteiger partial charge is 0.265 e. The van der Waals surface area contributed by atoms with E-state index in [-0.39, 0.29) is 10.7 Å². The van der Waals surface area contributed by atoms with Crippen LogP contribution < -0.4 is 4.74 Å². The van der Waals surface area contributed by atoms with Crippen LogP contribution in [0.25, 0.3) is 6.08 Å². The largest absolute Gasteiger partial charge is 0.496 e. The number of carbonyl (C=O) groups excluding carboxylic acids is 2. The van der Waals surface area contributed by atoms with E-state index in [4.69, 9.17) is 17.0 Å². The summed E-state index contributed by atoms with van der Waals surface area (Å²) in [7, 11) is 4.76. The lowest BCUT2D eigenvalue weighted by molar-refractivity contribution is -0.132. The highest BCUT2D eigenvalue weighted by atomic mass is 32.1. The molecule has 5 nitrogen and oxygen atoms in total. The van der Waals surface area contributed by atoms with Gasteiger partial charge in [0, 0.05) is 20.5 Å². The Morgan fingerprint density at radius 3 is 2.22 bits per heavy atom. The van der Waals surface area contributed by atoms with Crippen molar-refractivity contribution >= 4 is 35.2 Å². The maximum absolute atomic E-state index is 12.5. The van der Waals surface area contributed by atoms with Crippen molar-refractivity contribution < 1.29 is 14.3 Å². The van der Waals surface area contributed by atoms with Crippen LogP contribution in [-0.2, 0) is 16.0 Å². The molecule has 0 saturated carbocycles. The first-order valence-corrected chi connectivity index (χ1v) is 8.86. The molecule has 1 fully saturated rings. The van der Waals surface area contributed by atoms with E-state index < -0.39 is 11.8 Å². The van der Waals surface area contributed by atoms with Gasteiger partial charge in [0.05, 0.1) is 7.11 Å². The summed E-state index contributed by atoms with van der Waals surface area (Å²) in [5, 5.41) is 0.196. The van der Waals surface area contributed by atoms with Crippen LogP contribution in [0.3, 0.4) is 0 Å². The van der Waals surface area contributed by atoms with E-state index in [2.05, 4.69) is 0 Å². The summed E-state index contributed by atoms with van der Waals surface area (Å²) >= 11 is 5.12. The van der Waals surface area contributed by atoms with Crippen LogP contribution >= 0.6 is 12.2 Å². The van der Waals surface area contributed by atoms with Gasteiger partial charge >= 0.3 is 0 Å². The zero-order chi connectivity index (χ0) is 19.6. The molecule has 2 aromatic carbocycles. The monoisotopic (exact) mass is 380 g/mol. The van der Waals surface area contributed by atoms with Gasteiger partial charge in [-0.3, -0.25) is 19.4 Å². The fourth-order valence-electron chi connectivity index (χ4n) is 2.98. The number of likely N-dealkylation sites (N-methyl/N-ethyl adjacent to an activating group) is 2.